The van der Waals surface area contributed by atoms with Crippen LogP contribution in [0, 0.1) is 5.82 Å². The highest BCUT2D eigenvalue weighted by Gasteiger charge is 2.05. The molecule has 2 rings (SSSR count). The van der Waals surface area contributed by atoms with Crippen LogP contribution in [-0.2, 0) is 0 Å². The fourth-order valence-electron chi connectivity index (χ4n) is 1.87. The number of ether oxygens (including phenoxy) is 2. The van der Waals surface area contributed by atoms with Crippen molar-refractivity contribution in [3.05, 3.63) is 59.9 Å². The van der Waals surface area contributed by atoms with Crippen LogP contribution in [0.4, 0.5) is 4.39 Å². The van der Waals surface area contributed by atoms with E-state index in [1.807, 2.05) is 24.3 Å². The third-order valence-electron chi connectivity index (χ3n) is 3.04. The smallest absolute Gasteiger partial charge is 0.163 e. The van der Waals surface area contributed by atoms with Crippen LogP contribution in [0.25, 0.3) is 0 Å². The molecular weight excluding hydrogens is 271 g/mol. The highest BCUT2D eigenvalue weighted by atomic mass is 19.1. The summed E-state index contributed by atoms with van der Waals surface area (Å²) < 4.78 is 23.4. The summed E-state index contributed by atoms with van der Waals surface area (Å²) in [7, 11) is 1.61. The predicted octanol–water partition coefficient (Wildman–Crippen LogP) is 3.88. The van der Waals surface area contributed by atoms with Crippen molar-refractivity contribution >= 4 is 5.78 Å². The van der Waals surface area contributed by atoms with Gasteiger partial charge in [-0.25, -0.2) is 4.39 Å². The van der Waals surface area contributed by atoms with E-state index in [-0.39, 0.29) is 11.6 Å². The standard InChI is InChI=1S/C17H17FO3/c1-20-15-8-10-16(11-9-15)21-12-2-3-17(19)13-4-6-14(18)7-5-13/h4-11H,2-3,12H2,1H3. The van der Waals surface area contributed by atoms with Crippen LogP contribution in [-0.4, -0.2) is 19.5 Å². The van der Waals surface area contributed by atoms with Crippen LogP contribution in [0.15, 0.2) is 48.5 Å². The molecule has 0 aliphatic carbocycles. The second-order valence-electron chi connectivity index (χ2n) is 4.56. The number of methoxy groups -OCH3 is 1. The molecule has 0 heterocycles. The summed E-state index contributed by atoms with van der Waals surface area (Å²) in [6.45, 7) is 0.458. The maximum absolute atomic E-state index is 12.8. The fourth-order valence-corrected chi connectivity index (χ4v) is 1.87. The monoisotopic (exact) mass is 288 g/mol. The van der Waals surface area contributed by atoms with Gasteiger partial charge in [0.15, 0.2) is 5.78 Å². The Bertz CT molecular complexity index is 576. The number of carbonyl (C=O) groups is 1. The molecule has 0 N–H and O–H groups in total. The molecule has 0 aliphatic rings. The second-order valence-corrected chi connectivity index (χ2v) is 4.56. The highest BCUT2D eigenvalue weighted by Crippen LogP contribution is 2.17. The molecule has 0 aromatic heterocycles. The Kier molecular flexibility index (Phi) is 5.32. The largest absolute Gasteiger partial charge is 0.497 e. The molecule has 0 fully saturated rings. The molecule has 0 spiro atoms. The van der Waals surface area contributed by atoms with E-state index in [9.17, 15) is 9.18 Å². The second kappa shape index (κ2) is 7.43. The van der Waals surface area contributed by atoms with E-state index in [4.69, 9.17) is 9.47 Å². The van der Waals surface area contributed by atoms with E-state index < -0.39 is 0 Å². The van der Waals surface area contributed by atoms with Crippen molar-refractivity contribution in [2.75, 3.05) is 13.7 Å². The van der Waals surface area contributed by atoms with Crippen molar-refractivity contribution in [3.8, 4) is 11.5 Å². The van der Waals surface area contributed by atoms with Crippen LogP contribution in [0.1, 0.15) is 23.2 Å². The summed E-state index contributed by atoms with van der Waals surface area (Å²) in [4.78, 5) is 11.9. The van der Waals surface area contributed by atoms with Crippen LogP contribution < -0.4 is 9.47 Å². The van der Waals surface area contributed by atoms with Gasteiger partial charge in [0.05, 0.1) is 13.7 Å². The zero-order chi connectivity index (χ0) is 15.1. The maximum atomic E-state index is 12.8. The minimum atomic E-state index is -0.339. The Hall–Kier alpha value is -2.36. The van der Waals surface area contributed by atoms with Crippen LogP contribution in [0.2, 0.25) is 0 Å². The van der Waals surface area contributed by atoms with Gasteiger partial charge in [0, 0.05) is 12.0 Å². The van der Waals surface area contributed by atoms with Crippen molar-refractivity contribution in [2.45, 2.75) is 12.8 Å². The molecule has 2 aromatic rings. The number of benzene rings is 2. The predicted molar refractivity (Wildman–Crippen MR) is 78.5 cm³/mol. The molecule has 0 amide bonds. The Labute approximate surface area is 123 Å². The number of halogens is 1. The van der Waals surface area contributed by atoms with Gasteiger partial charge in [-0.3, -0.25) is 4.79 Å². The van der Waals surface area contributed by atoms with Crippen molar-refractivity contribution in [3.63, 3.8) is 0 Å². The first kappa shape index (κ1) is 15.0. The zero-order valence-electron chi connectivity index (χ0n) is 11.8. The average Bonchev–Trinajstić information content (AvgIpc) is 2.52. The van der Waals surface area contributed by atoms with E-state index in [0.717, 1.165) is 11.5 Å². The molecule has 0 saturated heterocycles. The number of hydrogen-bond acceptors (Lipinski definition) is 3. The maximum Gasteiger partial charge on any atom is 0.163 e. The number of hydrogen-bond donors (Lipinski definition) is 0. The van der Waals surface area contributed by atoms with Crippen molar-refractivity contribution in [2.24, 2.45) is 0 Å². The number of ketones is 1. The quantitative estimate of drug-likeness (QED) is 0.573. The lowest BCUT2D eigenvalue weighted by molar-refractivity contribution is 0.0973. The number of carbonyl (C=O) groups excluding carboxylic acids is 1. The Morgan fingerprint density at radius 3 is 2.24 bits per heavy atom. The first-order valence-electron chi connectivity index (χ1n) is 6.74. The third-order valence-corrected chi connectivity index (χ3v) is 3.04. The summed E-state index contributed by atoms with van der Waals surface area (Å²) in [5.41, 5.74) is 0.529. The summed E-state index contributed by atoms with van der Waals surface area (Å²) in [6, 6.07) is 12.9. The first-order chi connectivity index (χ1) is 10.2. The van der Waals surface area contributed by atoms with Crippen LogP contribution in [0.3, 0.4) is 0 Å². The molecular formula is C17H17FO3. The molecule has 3 nitrogen and oxygen atoms in total. The summed E-state index contributed by atoms with van der Waals surface area (Å²) >= 11 is 0. The Balaban J connectivity index is 1.73. The van der Waals surface area contributed by atoms with E-state index in [2.05, 4.69) is 0 Å². The van der Waals surface area contributed by atoms with Crippen molar-refractivity contribution in [1.29, 1.82) is 0 Å². The van der Waals surface area contributed by atoms with E-state index >= 15 is 0 Å². The molecule has 0 bridgehead atoms. The van der Waals surface area contributed by atoms with E-state index in [1.165, 1.54) is 24.3 Å². The van der Waals surface area contributed by atoms with Gasteiger partial charge in [-0.1, -0.05) is 0 Å². The summed E-state index contributed by atoms with van der Waals surface area (Å²) in [5, 5.41) is 0. The SMILES string of the molecule is COc1ccc(OCCCC(=O)c2ccc(F)cc2)cc1. The first-order valence-corrected chi connectivity index (χ1v) is 6.74. The van der Waals surface area contributed by atoms with Crippen LogP contribution in [0.5, 0.6) is 11.5 Å². The molecule has 0 aliphatic heterocycles. The topological polar surface area (TPSA) is 35.5 Å². The van der Waals surface area contributed by atoms with E-state index in [0.29, 0.717) is 25.0 Å². The molecule has 2 aromatic carbocycles. The summed E-state index contributed by atoms with van der Waals surface area (Å²) in [6.07, 6.45) is 0.990. The molecule has 110 valence electrons. The van der Waals surface area contributed by atoms with Crippen molar-refractivity contribution in [1.82, 2.24) is 0 Å². The molecule has 0 atom stereocenters. The summed E-state index contributed by atoms with van der Waals surface area (Å²) in [5.74, 6) is 1.17. The van der Waals surface area contributed by atoms with Gasteiger partial charge in [0.2, 0.25) is 0 Å². The normalized spacial score (nSPS) is 10.2. The lowest BCUT2D eigenvalue weighted by atomic mass is 10.1. The Morgan fingerprint density at radius 1 is 1.00 bits per heavy atom. The van der Waals surface area contributed by atoms with Gasteiger partial charge in [-0.15, -0.1) is 0 Å². The fraction of sp³-hybridized carbons (Fsp3) is 0.235. The third kappa shape index (κ3) is 4.60. The van der Waals surface area contributed by atoms with Gasteiger partial charge in [-0.05, 0) is 55.0 Å². The van der Waals surface area contributed by atoms with E-state index in [1.54, 1.807) is 7.11 Å². The minimum absolute atomic E-state index is 0.00618. The highest BCUT2D eigenvalue weighted by molar-refractivity contribution is 5.95. The lowest BCUT2D eigenvalue weighted by Crippen LogP contribution is -2.04. The molecule has 0 radical (unpaired) electrons. The minimum Gasteiger partial charge on any atom is -0.497 e. The Morgan fingerprint density at radius 2 is 1.62 bits per heavy atom. The van der Waals surface area contributed by atoms with Gasteiger partial charge < -0.3 is 9.47 Å². The lowest BCUT2D eigenvalue weighted by Gasteiger charge is -2.07. The van der Waals surface area contributed by atoms with Gasteiger partial charge in [0.1, 0.15) is 17.3 Å². The van der Waals surface area contributed by atoms with Gasteiger partial charge >= 0.3 is 0 Å². The molecule has 0 saturated carbocycles. The van der Waals surface area contributed by atoms with Gasteiger partial charge in [-0.2, -0.15) is 0 Å². The molecule has 0 unspecified atom stereocenters. The molecule has 4 heteroatoms. The average molecular weight is 288 g/mol. The number of Topliss-reactive ketones (excluding diaryl/α,β-unsaturated/α-hetero) is 1. The van der Waals surface area contributed by atoms with Crippen molar-refractivity contribution < 1.29 is 18.7 Å². The number of rotatable bonds is 7. The van der Waals surface area contributed by atoms with Gasteiger partial charge in [0.25, 0.3) is 0 Å². The zero-order valence-corrected chi connectivity index (χ0v) is 11.8. The molecule has 21 heavy (non-hydrogen) atoms. The van der Waals surface area contributed by atoms with Crippen LogP contribution >= 0.6 is 0 Å².